The summed E-state index contributed by atoms with van der Waals surface area (Å²) < 4.78 is 69.6. The highest BCUT2D eigenvalue weighted by atomic mass is 19.4. The lowest BCUT2D eigenvalue weighted by atomic mass is 9.84. The van der Waals surface area contributed by atoms with Gasteiger partial charge in [0.25, 0.3) is 0 Å². The van der Waals surface area contributed by atoms with Gasteiger partial charge in [0.05, 0.1) is 44.2 Å². The fourth-order valence-electron chi connectivity index (χ4n) is 5.39. The lowest BCUT2D eigenvalue weighted by Crippen LogP contribution is -2.31. The highest BCUT2D eigenvalue weighted by Crippen LogP contribution is 2.42. The van der Waals surface area contributed by atoms with Crippen molar-refractivity contribution < 1.29 is 56.3 Å². The number of ether oxygens (including phenoxy) is 4. The summed E-state index contributed by atoms with van der Waals surface area (Å²) in [6.07, 6.45) is -6.11. The second-order valence-corrected chi connectivity index (χ2v) is 11.9. The van der Waals surface area contributed by atoms with E-state index in [-0.39, 0.29) is 54.1 Å². The van der Waals surface area contributed by atoms with E-state index in [2.05, 4.69) is 0 Å². The molecule has 2 heterocycles. The van der Waals surface area contributed by atoms with Crippen LogP contribution in [-0.2, 0) is 21.5 Å². The Balaban J connectivity index is 0.000000771. The summed E-state index contributed by atoms with van der Waals surface area (Å²) in [6.45, 7) is 11.2. The third-order valence-corrected chi connectivity index (χ3v) is 7.63. The first-order chi connectivity index (χ1) is 21.9. The monoisotopic (exact) mass is 671 g/mol. The number of alkyl halides is 3. The van der Waals surface area contributed by atoms with Crippen LogP contribution in [0.3, 0.4) is 0 Å². The molecule has 47 heavy (non-hydrogen) atoms. The number of benzene rings is 2. The van der Waals surface area contributed by atoms with Crippen molar-refractivity contribution in [3.63, 3.8) is 0 Å². The number of halogens is 4. The minimum absolute atomic E-state index is 0.0159. The molecule has 11 nitrogen and oxygen atoms in total. The molecule has 0 aliphatic carbocycles. The first-order valence-corrected chi connectivity index (χ1v) is 14.9. The van der Waals surface area contributed by atoms with Crippen LogP contribution in [0.1, 0.15) is 61.7 Å². The molecule has 2 aromatic rings. The number of methoxy groups -OCH3 is 2. The average Bonchev–Trinajstić information content (AvgIpc) is 3.52. The topological polar surface area (TPSA) is 142 Å². The van der Waals surface area contributed by atoms with E-state index in [1.54, 1.807) is 45.1 Å². The summed E-state index contributed by atoms with van der Waals surface area (Å²) in [7, 11) is 3.16. The van der Waals surface area contributed by atoms with Crippen LogP contribution < -0.4 is 19.1 Å². The Morgan fingerprint density at radius 3 is 2.13 bits per heavy atom. The Bertz CT molecular complexity index is 1490. The van der Waals surface area contributed by atoms with Gasteiger partial charge in [-0.2, -0.15) is 13.2 Å². The zero-order valence-electron chi connectivity index (χ0n) is 27.4. The number of hydrogen-bond acceptors (Lipinski definition) is 9. The molecule has 260 valence electrons. The van der Waals surface area contributed by atoms with Crippen LogP contribution in [0.25, 0.3) is 0 Å². The number of Topliss-reactive ketones (excluding diaryl/α,β-unsaturated/α-hetero) is 1. The molecule has 1 saturated heterocycles. The second kappa shape index (κ2) is 14.8. The number of fused-ring (bicyclic) bond motifs is 1. The average molecular weight is 672 g/mol. The first kappa shape index (κ1) is 37.3. The van der Waals surface area contributed by atoms with Crippen LogP contribution in [0.2, 0.25) is 0 Å². The summed E-state index contributed by atoms with van der Waals surface area (Å²) in [4.78, 5) is 26.2. The van der Waals surface area contributed by atoms with E-state index < -0.39 is 24.1 Å². The van der Waals surface area contributed by atoms with Crippen molar-refractivity contribution in [1.29, 1.82) is 5.41 Å². The highest BCUT2D eigenvalue weighted by Gasteiger charge is 2.39. The van der Waals surface area contributed by atoms with Gasteiger partial charge in [0.1, 0.15) is 17.7 Å². The van der Waals surface area contributed by atoms with Crippen LogP contribution in [0.5, 0.6) is 17.2 Å². The molecule has 1 fully saturated rings. The lowest BCUT2D eigenvalue weighted by Gasteiger charge is -2.29. The smallest absolute Gasteiger partial charge is 0.490 e. The summed E-state index contributed by atoms with van der Waals surface area (Å²) in [6, 6.07) is 5.30. The number of anilines is 1. The molecule has 4 rings (SSSR count). The van der Waals surface area contributed by atoms with Crippen LogP contribution in [0.4, 0.5) is 23.2 Å². The first-order valence-electron chi connectivity index (χ1n) is 14.9. The van der Waals surface area contributed by atoms with Crippen LogP contribution in [-0.4, -0.2) is 98.2 Å². The molecule has 0 amide bonds. The van der Waals surface area contributed by atoms with Crippen molar-refractivity contribution in [3.8, 4) is 17.2 Å². The number of amidine groups is 1. The summed E-state index contributed by atoms with van der Waals surface area (Å²) in [5.41, 5.74) is 2.35. The van der Waals surface area contributed by atoms with E-state index in [9.17, 15) is 23.1 Å². The largest absolute Gasteiger partial charge is 0.494 e. The van der Waals surface area contributed by atoms with Gasteiger partial charge < -0.3 is 39.0 Å². The Kier molecular flexibility index (Phi) is 11.7. The quantitative estimate of drug-likeness (QED) is 0.239. The molecule has 0 spiro atoms. The molecule has 2 aromatic carbocycles. The fraction of sp³-hybridized carbons (Fsp3) is 0.531. The van der Waals surface area contributed by atoms with E-state index in [0.717, 1.165) is 5.56 Å². The normalized spacial score (nSPS) is 17.7. The number of aliphatic hydroxyl groups is 1. The number of rotatable bonds is 10. The minimum atomic E-state index is -5.08. The van der Waals surface area contributed by atoms with Gasteiger partial charge in [-0.25, -0.2) is 9.18 Å². The number of carboxylic acid groups (broad SMARTS) is 1. The van der Waals surface area contributed by atoms with Crippen molar-refractivity contribution in [2.24, 2.45) is 0 Å². The SMILES string of the molecule is CCOc1cc2c(c(F)c1OCC)C(=N)N(CC(=O)c1cc(N3CC(O)C(OC)C3)c(OC)c(C(C)(C)C)c1)C2.O=C(O)C(F)(F)F. The van der Waals surface area contributed by atoms with Gasteiger partial charge in [-0.3, -0.25) is 10.2 Å². The molecule has 0 radical (unpaired) electrons. The number of hydrogen-bond donors (Lipinski definition) is 3. The van der Waals surface area contributed by atoms with E-state index in [0.29, 0.717) is 48.0 Å². The molecule has 2 atom stereocenters. The fourth-order valence-corrected chi connectivity index (χ4v) is 5.39. The van der Waals surface area contributed by atoms with Crippen molar-refractivity contribution in [1.82, 2.24) is 4.90 Å². The van der Waals surface area contributed by atoms with Gasteiger partial charge in [-0.15, -0.1) is 0 Å². The summed E-state index contributed by atoms with van der Waals surface area (Å²) >= 11 is 0. The molecule has 0 bridgehead atoms. The van der Waals surface area contributed by atoms with Gasteiger partial charge in [-0.1, -0.05) is 20.8 Å². The zero-order chi connectivity index (χ0) is 35.4. The number of carbonyl (C=O) groups is 2. The third-order valence-electron chi connectivity index (χ3n) is 7.63. The van der Waals surface area contributed by atoms with Gasteiger partial charge in [-0.05, 0) is 43.0 Å². The van der Waals surface area contributed by atoms with Gasteiger partial charge >= 0.3 is 12.1 Å². The number of aliphatic hydroxyl groups excluding tert-OH is 1. The predicted molar refractivity (Wildman–Crippen MR) is 165 cm³/mol. The minimum Gasteiger partial charge on any atom is -0.494 e. The molecule has 0 saturated carbocycles. The molecular weight excluding hydrogens is 630 g/mol. The molecular formula is C32H41F4N3O8. The Labute approximate surface area is 270 Å². The number of β-amino-alcohol motifs (C(OH)–C–C–N with tert-alkyl or cyclic N) is 1. The number of carboxylic acids is 1. The number of ketones is 1. The van der Waals surface area contributed by atoms with Crippen molar-refractivity contribution in [2.75, 3.05) is 52.0 Å². The summed E-state index contributed by atoms with van der Waals surface area (Å²) in [5.74, 6) is -2.78. The van der Waals surface area contributed by atoms with Crippen LogP contribution >= 0.6 is 0 Å². The van der Waals surface area contributed by atoms with Gasteiger partial charge in [0, 0.05) is 37.9 Å². The highest BCUT2D eigenvalue weighted by molar-refractivity contribution is 6.06. The number of carbonyl (C=O) groups excluding carboxylic acids is 1. The third kappa shape index (κ3) is 8.25. The molecule has 2 unspecified atom stereocenters. The standard InChI is InChI=1S/C30H40FN3O6.C2HF3O2/c1-8-39-23-12-18-13-34(29(32)25(18)26(31)28(23)40-9-2)14-21(35)17-10-19(30(3,4)5)27(38-7)20(11-17)33-15-22(36)24(16-33)37-6;3-2(4,5)1(6)7/h10-12,22,24,32,36H,8-9,13-16H2,1-7H3;(H,6,7). The lowest BCUT2D eigenvalue weighted by molar-refractivity contribution is -0.192. The van der Waals surface area contributed by atoms with Gasteiger partial charge in [0.2, 0.25) is 0 Å². The van der Waals surface area contributed by atoms with E-state index in [1.165, 1.54) is 0 Å². The maximum atomic E-state index is 15.5. The number of nitrogens with zero attached hydrogens (tertiary/aromatic N) is 2. The summed E-state index contributed by atoms with van der Waals surface area (Å²) in [5, 5.41) is 26.3. The van der Waals surface area contributed by atoms with E-state index >= 15 is 4.39 Å². The van der Waals surface area contributed by atoms with Crippen molar-refractivity contribution in [2.45, 2.75) is 65.0 Å². The van der Waals surface area contributed by atoms with Gasteiger partial charge in [0.15, 0.2) is 23.1 Å². The molecule has 15 heteroatoms. The Morgan fingerprint density at radius 2 is 1.64 bits per heavy atom. The molecule has 3 N–H and O–H groups in total. The van der Waals surface area contributed by atoms with Crippen molar-refractivity contribution in [3.05, 3.63) is 46.3 Å². The zero-order valence-corrected chi connectivity index (χ0v) is 27.4. The van der Waals surface area contributed by atoms with Crippen molar-refractivity contribution >= 4 is 23.3 Å². The molecule has 2 aliphatic rings. The molecule has 0 aromatic heterocycles. The van der Waals surface area contributed by atoms with E-state index in [4.69, 9.17) is 34.3 Å². The Morgan fingerprint density at radius 1 is 1.02 bits per heavy atom. The van der Waals surface area contributed by atoms with E-state index in [1.807, 2.05) is 31.7 Å². The number of nitrogens with one attached hydrogen (secondary N) is 1. The molecule has 2 aliphatic heterocycles. The maximum absolute atomic E-state index is 15.5. The number of aliphatic carboxylic acids is 1. The van der Waals surface area contributed by atoms with Crippen LogP contribution in [0, 0.1) is 11.2 Å². The predicted octanol–water partition coefficient (Wildman–Crippen LogP) is 4.78. The maximum Gasteiger partial charge on any atom is 0.490 e. The Hall–Kier alpha value is -4.11. The van der Waals surface area contributed by atoms with Crippen LogP contribution in [0.15, 0.2) is 18.2 Å². The second-order valence-electron chi connectivity index (χ2n) is 11.9.